The van der Waals surface area contributed by atoms with Crippen molar-refractivity contribution in [3.63, 3.8) is 0 Å². The van der Waals surface area contributed by atoms with E-state index in [0.29, 0.717) is 19.5 Å². The molecule has 2 amide bonds. The summed E-state index contributed by atoms with van der Waals surface area (Å²) in [7, 11) is 0. The number of hydrogen-bond donors (Lipinski definition) is 3. The van der Waals surface area contributed by atoms with Crippen LogP contribution in [-0.4, -0.2) is 30.8 Å². The molecule has 0 heterocycles. The molecule has 3 N–H and O–H groups in total. The summed E-state index contributed by atoms with van der Waals surface area (Å²) >= 11 is 0. The molecular formula is C18H27FN2O2. The van der Waals surface area contributed by atoms with Gasteiger partial charge in [-0.15, -0.1) is 0 Å². The van der Waals surface area contributed by atoms with Crippen LogP contribution in [0.1, 0.15) is 44.6 Å². The third-order valence-corrected chi connectivity index (χ3v) is 4.84. The van der Waals surface area contributed by atoms with Crippen LogP contribution < -0.4 is 10.6 Å². The van der Waals surface area contributed by atoms with Crippen LogP contribution in [0.15, 0.2) is 24.3 Å². The standard InChI is InChI=1S/C18H27FN2O2/c1-14(8-11-22)12-20-17(23)21-13-18(9-2-3-10-18)15-4-6-16(19)7-5-15/h4-7,14,22H,2-3,8-13H2,1H3,(H2,20,21,23). The lowest BCUT2D eigenvalue weighted by atomic mass is 9.79. The van der Waals surface area contributed by atoms with Gasteiger partial charge in [0.25, 0.3) is 0 Å². The molecule has 0 saturated heterocycles. The number of nitrogens with one attached hydrogen (secondary N) is 2. The van der Waals surface area contributed by atoms with Crippen LogP contribution in [0.4, 0.5) is 9.18 Å². The summed E-state index contributed by atoms with van der Waals surface area (Å²) in [6.07, 6.45) is 4.97. The zero-order valence-corrected chi connectivity index (χ0v) is 13.8. The van der Waals surface area contributed by atoms with Crippen LogP contribution in [0.2, 0.25) is 0 Å². The topological polar surface area (TPSA) is 61.4 Å². The van der Waals surface area contributed by atoms with Crippen molar-refractivity contribution in [3.8, 4) is 0 Å². The lowest BCUT2D eigenvalue weighted by Gasteiger charge is -2.30. The molecule has 4 nitrogen and oxygen atoms in total. The molecule has 1 aromatic rings. The summed E-state index contributed by atoms with van der Waals surface area (Å²) in [6.45, 7) is 3.25. The van der Waals surface area contributed by atoms with E-state index in [0.717, 1.165) is 31.2 Å². The van der Waals surface area contributed by atoms with Crippen LogP contribution in [-0.2, 0) is 5.41 Å². The summed E-state index contributed by atoms with van der Waals surface area (Å²) in [5, 5.41) is 14.7. The fourth-order valence-corrected chi connectivity index (χ4v) is 3.32. The molecule has 2 rings (SSSR count). The molecule has 0 bridgehead atoms. The number of carbonyl (C=O) groups is 1. The van der Waals surface area contributed by atoms with Crippen molar-refractivity contribution in [2.75, 3.05) is 19.7 Å². The maximum Gasteiger partial charge on any atom is 0.314 e. The number of amides is 2. The van der Waals surface area contributed by atoms with Crippen molar-refractivity contribution in [3.05, 3.63) is 35.6 Å². The van der Waals surface area contributed by atoms with Gasteiger partial charge in [0.15, 0.2) is 0 Å². The van der Waals surface area contributed by atoms with E-state index in [1.807, 2.05) is 19.1 Å². The van der Waals surface area contributed by atoms with E-state index >= 15 is 0 Å². The minimum atomic E-state index is -0.231. The monoisotopic (exact) mass is 322 g/mol. The van der Waals surface area contributed by atoms with Gasteiger partial charge in [-0.05, 0) is 42.9 Å². The molecule has 0 aliphatic heterocycles. The predicted molar refractivity (Wildman–Crippen MR) is 88.8 cm³/mol. The number of aliphatic hydroxyl groups excluding tert-OH is 1. The number of aliphatic hydroxyl groups is 1. The molecule has 1 atom stereocenters. The Kier molecular flexibility index (Phi) is 6.39. The second-order valence-electron chi connectivity index (χ2n) is 6.68. The normalized spacial score (nSPS) is 17.7. The molecule has 1 saturated carbocycles. The molecule has 1 fully saturated rings. The molecule has 1 aromatic carbocycles. The SMILES string of the molecule is CC(CCO)CNC(=O)NCC1(c2ccc(F)cc2)CCCC1. The Labute approximate surface area is 137 Å². The number of benzene rings is 1. The molecule has 23 heavy (non-hydrogen) atoms. The van der Waals surface area contributed by atoms with Crippen LogP contribution in [0.3, 0.4) is 0 Å². The Morgan fingerprint density at radius 3 is 2.52 bits per heavy atom. The zero-order chi connectivity index (χ0) is 16.7. The molecular weight excluding hydrogens is 295 g/mol. The third-order valence-electron chi connectivity index (χ3n) is 4.84. The largest absolute Gasteiger partial charge is 0.396 e. The van der Waals surface area contributed by atoms with Crippen LogP contribution in [0.25, 0.3) is 0 Å². The summed E-state index contributed by atoms with van der Waals surface area (Å²) in [6, 6.07) is 6.48. The average molecular weight is 322 g/mol. The van der Waals surface area contributed by atoms with E-state index in [-0.39, 0.29) is 29.8 Å². The van der Waals surface area contributed by atoms with Gasteiger partial charge in [0.1, 0.15) is 5.82 Å². The van der Waals surface area contributed by atoms with Gasteiger partial charge in [-0.1, -0.05) is 31.9 Å². The summed E-state index contributed by atoms with van der Waals surface area (Å²) in [5.74, 6) is 0.0220. The molecule has 1 aliphatic carbocycles. The Balaban J connectivity index is 1.90. The maximum atomic E-state index is 13.2. The molecule has 1 unspecified atom stereocenters. The Morgan fingerprint density at radius 2 is 1.91 bits per heavy atom. The van der Waals surface area contributed by atoms with Gasteiger partial charge in [-0.3, -0.25) is 0 Å². The minimum Gasteiger partial charge on any atom is -0.396 e. The highest BCUT2D eigenvalue weighted by Gasteiger charge is 2.35. The van der Waals surface area contributed by atoms with Gasteiger partial charge >= 0.3 is 6.03 Å². The Morgan fingerprint density at radius 1 is 1.26 bits per heavy atom. The molecule has 0 aromatic heterocycles. The first-order valence-electron chi connectivity index (χ1n) is 8.44. The second kappa shape index (κ2) is 8.29. The van der Waals surface area contributed by atoms with E-state index < -0.39 is 0 Å². The van der Waals surface area contributed by atoms with Gasteiger partial charge in [0.2, 0.25) is 0 Å². The molecule has 1 aliphatic rings. The number of halogens is 1. The third kappa shape index (κ3) is 4.93. The number of carbonyl (C=O) groups excluding carboxylic acids is 1. The molecule has 0 spiro atoms. The Bertz CT molecular complexity index is 498. The molecule has 128 valence electrons. The molecule has 5 heteroatoms. The van der Waals surface area contributed by atoms with E-state index in [1.54, 1.807) is 0 Å². The lowest BCUT2D eigenvalue weighted by molar-refractivity contribution is 0.230. The van der Waals surface area contributed by atoms with Gasteiger partial charge < -0.3 is 15.7 Å². The zero-order valence-electron chi connectivity index (χ0n) is 13.8. The van der Waals surface area contributed by atoms with Crippen LogP contribution >= 0.6 is 0 Å². The first kappa shape index (κ1) is 17.7. The average Bonchev–Trinajstić information content (AvgIpc) is 3.02. The summed E-state index contributed by atoms with van der Waals surface area (Å²) < 4.78 is 13.2. The summed E-state index contributed by atoms with van der Waals surface area (Å²) in [5.41, 5.74) is 1.02. The highest BCUT2D eigenvalue weighted by molar-refractivity contribution is 5.74. The quantitative estimate of drug-likeness (QED) is 0.723. The van der Waals surface area contributed by atoms with Gasteiger partial charge in [-0.25, -0.2) is 9.18 Å². The van der Waals surface area contributed by atoms with E-state index in [2.05, 4.69) is 10.6 Å². The van der Waals surface area contributed by atoms with Crippen molar-refractivity contribution in [1.29, 1.82) is 0 Å². The van der Waals surface area contributed by atoms with Crippen molar-refractivity contribution in [2.45, 2.75) is 44.4 Å². The number of rotatable bonds is 7. The first-order valence-corrected chi connectivity index (χ1v) is 8.44. The number of hydrogen-bond acceptors (Lipinski definition) is 2. The molecule has 0 radical (unpaired) electrons. The number of urea groups is 1. The predicted octanol–water partition coefficient (Wildman–Crippen LogP) is 2.96. The van der Waals surface area contributed by atoms with E-state index in [9.17, 15) is 9.18 Å². The minimum absolute atomic E-state index is 0.0816. The van der Waals surface area contributed by atoms with Crippen LogP contribution in [0.5, 0.6) is 0 Å². The Hall–Kier alpha value is -1.62. The van der Waals surface area contributed by atoms with E-state index in [1.165, 1.54) is 12.1 Å². The van der Waals surface area contributed by atoms with E-state index in [4.69, 9.17) is 5.11 Å². The fraction of sp³-hybridized carbons (Fsp3) is 0.611. The highest BCUT2D eigenvalue weighted by Crippen LogP contribution is 2.40. The fourth-order valence-electron chi connectivity index (χ4n) is 3.32. The lowest BCUT2D eigenvalue weighted by Crippen LogP contribution is -2.44. The summed E-state index contributed by atoms with van der Waals surface area (Å²) in [4.78, 5) is 12.0. The smallest absolute Gasteiger partial charge is 0.314 e. The first-order chi connectivity index (χ1) is 11.1. The van der Waals surface area contributed by atoms with Crippen molar-refractivity contribution < 1.29 is 14.3 Å². The maximum absolute atomic E-state index is 13.2. The van der Waals surface area contributed by atoms with Crippen molar-refractivity contribution in [2.24, 2.45) is 5.92 Å². The second-order valence-corrected chi connectivity index (χ2v) is 6.68. The van der Waals surface area contributed by atoms with Gasteiger partial charge in [0, 0.05) is 25.1 Å². The van der Waals surface area contributed by atoms with Crippen molar-refractivity contribution >= 4 is 6.03 Å². The van der Waals surface area contributed by atoms with Crippen LogP contribution in [0, 0.1) is 11.7 Å². The van der Waals surface area contributed by atoms with Gasteiger partial charge in [0.05, 0.1) is 0 Å². The van der Waals surface area contributed by atoms with Gasteiger partial charge in [-0.2, -0.15) is 0 Å². The van der Waals surface area contributed by atoms with Crippen molar-refractivity contribution in [1.82, 2.24) is 10.6 Å². The highest BCUT2D eigenvalue weighted by atomic mass is 19.1.